The zero-order chi connectivity index (χ0) is 17.7. The Balaban J connectivity index is 2.05. The van der Waals surface area contributed by atoms with E-state index < -0.39 is 5.97 Å². The minimum Gasteiger partial charge on any atom is -0.480 e. The van der Waals surface area contributed by atoms with Crippen LogP contribution in [0.2, 0.25) is 5.02 Å². The molecule has 5 heteroatoms. The lowest BCUT2D eigenvalue weighted by Gasteiger charge is -2.24. The first-order valence-electron chi connectivity index (χ1n) is 7.84. The molecule has 2 aromatic carbocycles. The zero-order valence-corrected chi connectivity index (χ0v) is 14.9. The fourth-order valence-electron chi connectivity index (χ4n) is 2.35. The SMILES string of the molecule is Cc1cc(Cl)ccc1Oc1ccc(CN(CC(=O)O)C(C)C)cc1. The van der Waals surface area contributed by atoms with Gasteiger partial charge in [0.15, 0.2) is 0 Å². The van der Waals surface area contributed by atoms with Gasteiger partial charge in [-0.3, -0.25) is 9.69 Å². The number of carbonyl (C=O) groups is 1. The second kappa shape index (κ2) is 8.18. The largest absolute Gasteiger partial charge is 0.480 e. The molecule has 0 atom stereocenters. The third-order valence-corrected chi connectivity index (χ3v) is 3.98. The molecule has 0 aliphatic carbocycles. The first kappa shape index (κ1) is 18.3. The van der Waals surface area contributed by atoms with Crippen LogP contribution >= 0.6 is 11.6 Å². The predicted molar refractivity (Wildman–Crippen MR) is 95.9 cm³/mol. The Morgan fingerprint density at radius 3 is 2.42 bits per heavy atom. The summed E-state index contributed by atoms with van der Waals surface area (Å²) in [6.45, 7) is 6.54. The molecule has 0 saturated carbocycles. The number of ether oxygens (including phenoxy) is 1. The predicted octanol–water partition coefficient (Wildman–Crippen LogP) is 4.74. The van der Waals surface area contributed by atoms with Gasteiger partial charge in [-0.05, 0) is 62.2 Å². The molecule has 0 fully saturated rings. The van der Waals surface area contributed by atoms with Crippen LogP contribution in [0.4, 0.5) is 0 Å². The second-order valence-corrected chi connectivity index (χ2v) is 6.48. The highest BCUT2D eigenvalue weighted by Crippen LogP contribution is 2.27. The average Bonchev–Trinajstić information content (AvgIpc) is 2.50. The van der Waals surface area contributed by atoms with Gasteiger partial charge in [0.2, 0.25) is 0 Å². The molecule has 0 bridgehead atoms. The number of carboxylic acids is 1. The van der Waals surface area contributed by atoms with Gasteiger partial charge in [0, 0.05) is 17.6 Å². The summed E-state index contributed by atoms with van der Waals surface area (Å²) in [5.74, 6) is 0.683. The lowest BCUT2D eigenvalue weighted by atomic mass is 10.1. The van der Waals surface area contributed by atoms with Gasteiger partial charge in [-0.2, -0.15) is 0 Å². The van der Waals surface area contributed by atoms with Gasteiger partial charge < -0.3 is 9.84 Å². The van der Waals surface area contributed by atoms with E-state index in [4.69, 9.17) is 21.4 Å². The van der Waals surface area contributed by atoms with Crippen LogP contribution in [0.1, 0.15) is 25.0 Å². The van der Waals surface area contributed by atoms with Crippen molar-refractivity contribution < 1.29 is 14.6 Å². The molecule has 0 aliphatic rings. The molecule has 0 spiro atoms. The summed E-state index contributed by atoms with van der Waals surface area (Å²) in [6.07, 6.45) is 0. The fourth-order valence-corrected chi connectivity index (χ4v) is 2.57. The average molecular weight is 348 g/mol. The first-order valence-corrected chi connectivity index (χ1v) is 8.21. The van der Waals surface area contributed by atoms with Crippen LogP contribution in [0.15, 0.2) is 42.5 Å². The van der Waals surface area contributed by atoms with Crippen LogP contribution in [-0.2, 0) is 11.3 Å². The third kappa shape index (κ3) is 5.25. The Labute approximate surface area is 147 Å². The fraction of sp³-hybridized carbons (Fsp3) is 0.316. The molecule has 24 heavy (non-hydrogen) atoms. The lowest BCUT2D eigenvalue weighted by Crippen LogP contribution is -2.35. The molecule has 0 aliphatic heterocycles. The van der Waals surface area contributed by atoms with E-state index >= 15 is 0 Å². The third-order valence-electron chi connectivity index (χ3n) is 3.74. The van der Waals surface area contributed by atoms with Crippen molar-refractivity contribution in [2.24, 2.45) is 0 Å². The molecule has 0 aromatic heterocycles. The number of hydrogen-bond acceptors (Lipinski definition) is 3. The monoisotopic (exact) mass is 347 g/mol. The number of hydrogen-bond donors (Lipinski definition) is 1. The van der Waals surface area contributed by atoms with Crippen LogP contribution in [0.25, 0.3) is 0 Å². The van der Waals surface area contributed by atoms with E-state index in [0.717, 1.165) is 22.6 Å². The van der Waals surface area contributed by atoms with Crippen LogP contribution in [0.5, 0.6) is 11.5 Å². The number of carboxylic acid groups (broad SMARTS) is 1. The van der Waals surface area contributed by atoms with E-state index in [1.165, 1.54) is 0 Å². The van der Waals surface area contributed by atoms with Crippen molar-refractivity contribution in [3.8, 4) is 11.5 Å². The van der Waals surface area contributed by atoms with Gasteiger partial charge in [0.25, 0.3) is 0 Å². The van der Waals surface area contributed by atoms with Crippen molar-refractivity contribution in [1.29, 1.82) is 0 Å². The number of aryl methyl sites for hydroxylation is 1. The maximum Gasteiger partial charge on any atom is 0.317 e. The van der Waals surface area contributed by atoms with Crippen LogP contribution in [0.3, 0.4) is 0 Å². The van der Waals surface area contributed by atoms with Gasteiger partial charge in [-0.25, -0.2) is 0 Å². The molecule has 2 aromatic rings. The molecule has 1 N–H and O–H groups in total. The van der Waals surface area contributed by atoms with Crippen molar-refractivity contribution in [3.05, 3.63) is 58.6 Å². The summed E-state index contributed by atoms with van der Waals surface area (Å²) < 4.78 is 5.87. The molecule has 0 heterocycles. The van der Waals surface area contributed by atoms with Gasteiger partial charge in [-0.15, -0.1) is 0 Å². The maximum absolute atomic E-state index is 10.9. The normalized spacial score (nSPS) is 11.1. The Hall–Kier alpha value is -2.04. The maximum atomic E-state index is 10.9. The topological polar surface area (TPSA) is 49.8 Å². The number of benzene rings is 2. The Kier molecular flexibility index (Phi) is 6.23. The molecule has 0 saturated heterocycles. The highest BCUT2D eigenvalue weighted by Gasteiger charge is 2.13. The zero-order valence-electron chi connectivity index (χ0n) is 14.1. The molecule has 4 nitrogen and oxygen atoms in total. The van der Waals surface area contributed by atoms with Crippen molar-refractivity contribution in [2.75, 3.05) is 6.54 Å². The molecule has 128 valence electrons. The van der Waals surface area contributed by atoms with Crippen molar-refractivity contribution in [2.45, 2.75) is 33.4 Å². The van der Waals surface area contributed by atoms with Gasteiger partial charge in [0.1, 0.15) is 11.5 Å². The summed E-state index contributed by atoms with van der Waals surface area (Å²) in [4.78, 5) is 12.9. The Morgan fingerprint density at radius 1 is 1.21 bits per heavy atom. The number of halogens is 1. The highest BCUT2D eigenvalue weighted by molar-refractivity contribution is 6.30. The molecule has 0 amide bonds. The smallest absolute Gasteiger partial charge is 0.317 e. The summed E-state index contributed by atoms with van der Waals surface area (Å²) in [6, 6.07) is 13.4. The minimum absolute atomic E-state index is 0.0277. The Bertz CT molecular complexity index is 698. The quantitative estimate of drug-likeness (QED) is 0.786. The summed E-state index contributed by atoms with van der Waals surface area (Å²) in [5, 5.41) is 9.68. The van der Waals surface area contributed by atoms with Crippen molar-refractivity contribution >= 4 is 17.6 Å². The van der Waals surface area contributed by atoms with Gasteiger partial charge in [-0.1, -0.05) is 23.7 Å². The van der Waals surface area contributed by atoms with E-state index in [9.17, 15) is 4.79 Å². The standard InChI is InChI=1S/C19H22ClNO3/c1-13(2)21(12-19(22)23)11-15-4-7-17(8-5-15)24-18-9-6-16(20)10-14(18)3/h4-10,13H,11-12H2,1-3H3,(H,22,23). The van der Waals surface area contributed by atoms with Crippen molar-refractivity contribution in [1.82, 2.24) is 4.90 Å². The number of nitrogens with zero attached hydrogens (tertiary/aromatic N) is 1. The Morgan fingerprint density at radius 2 is 1.88 bits per heavy atom. The summed E-state index contributed by atoms with van der Waals surface area (Å²) >= 11 is 5.95. The van der Waals surface area contributed by atoms with Crippen LogP contribution < -0.4 is 4.74 Å². The minimum atomic E-state index is -0.818. The molecule has 0 unspecified atom stereocenters. The summed E-state index contributed by atoms with van der Waals surface area (Å²) in [7, 11) is 0. The van der Waals surface area contributed by atoms with E-state index in [0.29, 0.717) is 11.6 Å². The molecular weight excluding hydrogens is 326 g/mol. The van der Waals surface area contributed by atoms with E-state index in [1.54, 1.807) is 6.07 Å². The van der Waals surface area contributed by atoms with E-state index in [-0.39, 0.29) is 12.6 Å². The lowest BCUT2D eigenvalue weighted by molar-refractivity contribution is -0.138. The van der Waals surface area contributed by atoms with Crippen molar-refractivity contribution in [3.63, 3.8) is 0 Å². The van der Waals surface area contributed by atoms with E-state index in [2.05, 4.69) is 0 Å². The summed E-state index contributed by atoms with van der Waals surface area (Å²) in [5.41, 5.74) is 2.02. The van der Waals surface area contributed by atoms with Crippen LogP contribution in [-0.4, -0.2) is 28.6 Å². The van der Waals surface area contributed by atoms with E-state index in [1.807, 2.05) is 62.1 Å². The molecule has 0 radical (unpaired) electrons. The second-order valence-electron chi connectivity index (χ2n) is 6.05. The number of rotatable bonds is 7. The number of aliphatic carboxylic acids is 1. The molecule has 2 rings (SSSR count). The molecular formula is C19H22ClNO3. The van der Waals surface area contributed by atoms with Crippen LogP contribution in [0, 0.1) is 6.92 Å². The highest BCUT2D eigenvalue weighted by atomic mass is 35.5. The van der Waals surface area contributed by atoms with Gasteiger partial charge >= 0.3 is 5.97 Å². The first-order chi connectivity index (χ1) is 11.3. The van der Waals surface area contributed by atoms with Gasteiger partial charge in [0.05, 0.1) is 6.54 Å².